The van der Waals surface area contributed by atoms with Gasteiger partial charge in [0.05, 0.1) is 5.56 Å². The molecule has 0 unspecified atom stereocenters. The average Bonchev–Trinajstić information content (AvgIpc) is 3.03. The normalized spacial score (nSPS) is 21.0. The summed E-state index contributed by atoms with van der Waals surface area (Å²) in [4.78, 5) is 17.2. The predicted octanol–water partition coefficient (Wildman–Crippen LogP) is 3.91. The molecule has 2 fully saturated rings. The summed E-state index contributed by atoms with van der Waals surface area (Å²) in [7, 11) is 0. The number of carbonyl (C=O) groups excluding carboxylic acids is 1. The molecule has 0 spiro atoms. The highest BCUT2D eigenvalue weighted by atomic mass is 79.9. The van der Waals surface area contributed by atoms with Crippen LogP contribution >= 0.6 is 31.9 Å². The Morgan fingerprint density at radius 2 is 1.71 bits per heavy atom. The lowest BCUT2D eigenvalue weighted by molar-refractivity contribution is 0.0572. The van der Waals surface area contributed by atoms with Gasteiger partial charge in [0.2, 0.25) is 0 Å². The van der Waals surface area contributed by atoms with Crippen LogP contribution in [0.5, 0.6) is 0 Å². The number of piperazine rings is 1. The van der Waals surface area contributed by atoms with Crippen molar-refractivity contribution in [1.29, 1.82) is 0 Å². The highest BCUT2D eigenvalue weighted by molar-refractivity contribution is 9.11. The molecule has 5 heteroatoms. The molecule has 1 aliphatic heterocycles. The van der Waals surface area contributed by atoms with Gasteiger partial charge in [-0.25, -0.2) is 0 Å². The fourth-order valence-electron chi connectivity index (χ4n) is 3.39. The third-order valence-corrected chi connectivity index (χ3v) is 5.79. The van der Waals surface area contributed by atoms with Gasteiger partial charge in [-0.2, -0.15) is 0 Å². The smallest absolute Gasteiger partial charge is 0.255 e. The Hall–Kier alpha value is -0.390. The first-order valence-electron chi connectivity index (χ1n) is 7.63. The van der Waals surface area contributed by atoms with Gasteiger partial charge in [-0.3, -0.25) is 9.69 Å². The van der Waals surface area contributed by atoms with Crippen LogP contribution in [0.1, 0.15) is 36.0 Å². The molecule has 21 heavy (non-hydrogen) atoms. The summed E-state index contributed by atoms with van der Waals surface area (Å²) >= 11 is 6.93. The second-order valence-corrected chi connectivity index (χ2v) is 7.66. The molecular formula is C16H20Br2N2O. The second kappa shape index (κ2) is 6.80. The first kappa shape index (κ1) is 15.5. The van der Waals surface area contributed by atoms with E-state index in [-0.39, 0.29) is 5.91 Å². The topological polar surface area (TPSA) is 23.6 Å². The highest BCUT2D eigenvalue weighted by Gasteiger charge is 2.28. The van der Waals surface area contributed by atoms with Crippen molar-refractivity contribution < 1.29 is 4.79 Å². The van der Waals surface area contributed by atoms with Crippen LogP contribution in [0.3, 0.4) is 0 Å². The van der Waals surface area contributed by atoms with E-state index in [4.69, 9.17) is 0 Å². The molecule has 1 aromatic carbocycles. The van der Waals surface area contributed by atoms with Gasteiger partial charge >= 0.3 is 0 Å². The molecule has 0 aromatic heterocycles. The fourth-order valence-corrected chi connectivity index (χ4v) is 4.17. The lowest BCUT2D eigenvalue weighted by Gasteiger charge is -2.38. The molecular weight excluding hydrogens is 396 g/mol. The number of nitrogens with zero attached hydrogens (tertiary/aromatic N) is 2. The molecule has 3 rings (SSSR count). The van der Waals surface area contributed by atoms with E-state index in [2.05, 4.69) is 36.8 Å². The first-order valence-corrected chi connectivity index (χ1v) is 9.22. The van der Waals surface area contributed by atoms with E-state index in [9.17, 15) is 4.79 Å². The zero-order chi connectivity index (χ0) is 14.8. The lowest BCUT2D eigenvalue weighted by atomic mass is 10.1. The van der Waals surface area contributed by atoms with E-state index >= 15 is 0 Å². The number of benzene rings is 1. The molecule has 0 atom stereocenters. The van der Waals surface area contributed by atoms with Crippen molar-refractivity contribution in [2.75, 3.05) is 26.2 Å². The van der Waals surface area contributed by atoms with Crippen LogP contribution in [-0.2, 0) is 0 Å². The number of hydrogen-bond acceptors (Lipinski definition) is 2. The lowest BCUT2D eigenvalue weighted by Crippen LogP contribution is -2.51. The number of rotatable bonds is 2. The van der Waals surface area contributed by atoms with Gasteiger partial charge in [-0.1, -0.05) is 28.8 Å². The average molecular weight is 416 g/mol. The van der Waals surface area contributed by atoms with Crippen LogP contribution in [0.2, 0.25) is 0 Å². The fraction of sp³-hybridized carbons (Fsp3) is 0.562. The molecule has 1 heterocycles. The summed E-state index contributed by atoms with van der Waals surface area (Å²) in [6.07, 6.45) is 5.42. The molecule has 1 aliphatic carbocycles. The SMILES string of the molecule is O=C(c1cc(Br)ccc1Br)N1CCN(C2CCCC2)CC1. The maximum atomic E-state index is 12.7. The van der Waals surface area contributed by atoms with Gasteiger partial charge in [-0.05, 0) is 47.0 Å². The van der Waals surface area contributed by atoms with Crippen molar-refractivity contribution in [2.24, 2.45) is 0 Å². The van der Waals surface area contributed by atoms with Gasteiger partial charge in [0.25, 0.3) is 5.91 Å². The van der Waals surface area contributed by atoms with Crippen LogP contribution in [0.15, 0.2) is 27.1 Å². The van der Waals surface area contributed by atoms with Gasteiger partial charge < -0.3 is 4.90 Å². The Morgan fingerprint density at radius 3 is 2.38 bits per heavy atom. The number of amides is 1. The van der Waals surface area contributed by atoms with Crippen molar-refractivity contribution in [2.45, 2.75) is 31.7 Å². The Kier molecular flexibility index (Phi) is 5.02. The van der Waals surface area contributed by atoms with Crippen molar-refractivity contribution >= 4 is 37.8 Å². The summed E-state index contributed by atoms with van der Waals surface area (Å²) in [5.41, 5.74) is 0.749. The molecule has 114 valence electrons. The molecule has 2 aliphatic rings. The standard InChI is InChI=1S/C16H20Br2N2O/c17-12-5-6-15(18)14(11-12)16(21)20-9-7-19(8-10-20)13-3-1-2-4-13/h5-6,11,13H,1-4,7-10H2. The van der Waals surface area contributed by atoms with Gasteiger partial charge in [0, 0.05) is 41.2 Å². The van der Waals surface area contributed by atoms with E-state index < -0.39 is 0 Å². The minimum Gasteiger partial charge on any atom is -0.336 e. The number of halogens is 2. The van der Waals surface area contributed by atoms with E-state index in [1.807, 2.05) is 23.1 Å². The molecule has 1 saturated heterocycles. The molecule has 1 saturated carbocycles. The van der Waals surface area contributed by atoms with Gasteiger partial charge in [0.1, 0.15) is 0 Å². The van der Waals surface area contributed by atoms with E-state index in [1.54, 1.807) is 0 Å². The molecule has 3 nitrogen and oxygen atoms in total. The number of carbonyl (C=O) groups is 1. The predicted molar refractivity (Wildman–Crippen MR) is 91.6 cm³/mol. The molecule has 1 amide bonds. The highest BCUT2D eigenvalue weighted by Crippen LogP contribution is 2.26. The Balaban J connectivity index is 1.63. The maximum Gasteiger partial charge on any atom is 0.255 e. The van der Waals surface area contributed by atoms with Gasteiger partial charge in [0.15, 0.2) is 0 Å². The molecule has 0 bridgehead atoms. The minimum absolute atomic E-state index is 0.134. The second-order valence-electron chi connectivity index (χ2n) is 5.89. The Labute approximate surface area is 142 Å². The Morgan fingerprint density at radius 1 is 1.05 bits per heavy atom. The van der Waals surface area contributed by atoms with Crippen molar-refractivity contribution in [3.05, 3.63) is 32.7 Å². The van der Waals surface area contributed by atoms with E-state index in [1.165, 1.54) is 25.7 Å². The summed E-state index contributed by atoms with van der Waals surface area (Å²) in [5, 5.41) is 0. The van der Waals surface area contributed by atoms with Crippen molar-refractivity contribution in [3.8, 4) is 0 Å². The van der Waals surface area contributed by atoms with Gasteiger partial charge in [-0.15, -0.1) is 0 Å². The zero-order valence-electron chi connectivity index (χ0n) is 12.0. The van der Waals surface area contributed by atoms with Crippen LogP contribution in [-0.4, -0.2) is 47.9 Å². The summed E-state index contributed by atoms with van der Waals surface area (Å²) in [5.74, 6) is 0.134. The summed E-state index contributed by atoms with van der Waals surface area (Å²) in [6.45, 7) is 3.71. The largest absolute Gasteiger partial charge is 0.336 e. The molecule has 1 aromatic rings. The van der Waals surface area contributed by atoms with Crippen LogP contribution in [0.4, 0.5) is 0 Å². The third-order valence-electron chi connectivity index (χ3n) is 4.60. The zero-order valence-corrected chi connectivity index (χ0v) is 15.2. The molecule has 0 N–H and O–H groups in total. The minimum atomic E-state index is 0.134. The number of hydrogen-bond donors (Lipinski definition) is 0. The van der Waals surface area contributed by atoms with E-state index in [0.29, 0.717) is 0 Å². The first-order chi connectivity index (χ1) is 10.1. The van der Waals surface area contributed by atoms with E-state index in [0.717, 1.165) is 46.7 Å². The van der Waals surface area contributed by atoms with Crippen LogP contribution < -0.4 is 0 Å². The summed E-state index contributed by atoms with van der Waals surface area (Å²) < 4.78 is 1.81. The Bertz CT molecular complexity index is 521. The monoisotopic (exact) mass is 414 g/mol. The van der Waals surface area contributed by atoms with Crippen LogP contribution in [0.25, 0.3) is 0 Å². The third kappa shape index (κ3) is 3.51. The summed E-state index contributed by atoms with van der Waals surface area (Å²) in [6, 6.07) is 6.53. The van der Waals surface area contributed by atoms with Crippen LogP contribution in [0, 0.1) is 0 Å². The van der Waals surface area contributed by atoms with Crippen molar-refractivity contribution in [1.82, 2.24) is 9.80 Å². The van der Waals surface area contributed by atoms with Crippen molar-refractivity contribution in [3.63, 3.8) is 0 Å². The quantitative estimate of drug-likeness (QED) is 0.730. The maximum absolute atomic E-state index is 12.7. The molecule has 0 radical (unpaired) electrons.